The van der Waals surface area contributed by atoms with Crippen LogP contribution in [0.25, 0.3) is 21.8 Å². The molecule has 5 rings (SSSR count). The number of amides is 1. The molecule has 1 saturated heterocycles. The van der Waals surface area contributed by atoms with Crippen LogP contribution in [0.4, 0.5) is 5.88 Å². The first-order chi connectivity index (χ1) is 15.2. The molecule has 0 saturated carbocycles. The fourth-order valence-electron chi connectivity index (χ4n) is 4.08. The summed E-state index contributed by atoms with van der Waals surface area (Å²) in [5, 5.41) is 5.70. The van der Waals surface area contributed by atoms with Gasteiger partial charge in [-0.25, -0.2) is 4.98 Å². The molecule has 2 aromatic heterocycles. The van der Waals surface area contributed by atoms with Crippen LogP contribution >= 0.6 is 0 Å². The number of rotatable bonds is 5. The number of hydrogen-bond donors (Lipinski definition) is 1. The van der Waals surface area contributed by atoms with Crippen molar-refractivity contribution in [3.05, 3.63) is 64.7 Å². The number of nitrogens with one attached hydrogen (secondary N) is 1. The van der Waals surface area contributed by atoms with Gasteiger partial charge in [-0.3, -0.25) is 9.59 Å². The van der Waals surface area contributed by atoms with Crippen LogP contribution in [0.1, 0.15) is 18.7 Å². The third-order valence-corrected chi connectivity index (χ3v) is 5.75. The summed E-state index contributed by atoms with van der Waals surface area (Å²) in [7, 11) is 0. The van der Waals surface area contributed by atoms with Gasteiger partial charge in [0.1, 0.15) is 11.3 Å². The number of hydrogen-bond acceptors (Lipinski definition) is 6. The van der Waals surface area contributed by atoms with E-state index >= 15 is 0 Å². The van der Waals surface area contributed by atoms with E-state index < -0.39 is 0 Å². The van der Waals surface area contributed by atoms with Crippen LogP contribution < -0.4 is 10.5 Å². The molecule has 0 unspecified atom stereocenters. The fourth-order valence-corrected chi connectivity index (χ4v) is 4.08. The Bertz CT molecular complexity index is 1290. The van der Waals surface area contributed by atoms with E-state index in [1.807, 2.05) is 47.4 Å². The van der Waals surface area contributed by atoms with Crippen LogP contribution in [0.2, 0.25) is 0 Å². The summed E-state index contributed by atoms with van der Waals surface area (Å²) in [6, 6.07) is 15.1. The molecular formula is C23H23N5O3. The SMILES string of the molecule is O=C(CCCc1nc2ccccc2c(=O)[nH]1)N1CCN(c2onc3ccccc23)CC1. The molecule has 4 aromatic rings. The van der Waals surface area contributed by atoms with Crippen molar-refractivity contribution in [1.82, 2.24) is 20.0 Å². The second-order valence-corrected chi connectivity index (χ2v) is 7.76. The summed E-state index contributed by atoms with van der Waals surface area (Å²) < 4.78 is 5.54. The average molecular weight is 417 g/mol. The number of para-hydroxylation sites is 1. The molecule has 158 valence electrons. The van der Waals surface area contributed by atoms with Gasteiger partial charge in [-0.15, -0.1) is 0 Å². The lowest BCUT2D eigenvalue weighted by Gasteiger charge is -2.34. The zero-order valence-corrected chi connectivity index (χ0v) is 17.1. The number of fused-ring (bicyclic) bond motifs is 2. The summed E-state index contributed by atoms with van der Waals surface area (Å²) in [4.78, 5) is 36.2. The Kier molecular flexibility index (Phi) is 5.11. The number of carbonyl (C=O) groups is 1. The highest BCUT2D eigenvalue weighted by Crippen LogP contribution is 2.27. The van der Waals surface area contributed by atoms with Crippen LogP contribution in [0.5, 0.6) is 0 Å². The highest BCUT2D eigenvalue weighted by molar-refractivity contribution is 5.88. The van der Waals surface area contributed by atoms with Crippen LogP contribution in [-0.4, -0.2) is 52.1 Å². The number of aromatic nitrogens is 3. The van der Waals surface area contributed by atoms with Crippen LogP contribution in [0, 0.1) is 0 Å². The molecule has 1 amide bonds. The summed E-state index contributed by atoms with van der Waals surface area (Å²) in [6.45, 7) is 2.73. The summed E-state index contributed by atoms with van der Waals surface area (Å²) in [5.74, 6) is 1.53. The monoisotopic (exact) mass is 417 g/mol. The Morgan fingerprint density at radius 2 is 1.68 bits per heavy atom. The Balaban J connectivity index is 1.15. The second-order valence-electron chi connectivity index (χ2n) is 7.76. The Morgan fingerprint density at radius 3 is 2.48 bits per heavy atom. The van der Waals surface area contributed by atoms with E-state index in [4.69, 9.17) is 4.52 Å². The molecule has 1 fully saturated rings. The van der Waals surface area contributed by atoms with Gasteiger partial charge in [-0.05, 0) is 30.7 Å². The smallest absolute Gasteiger partial charge is 0.258 e. The number of H-pyrrole nitrogens is 1. The maximum Gasteiger partial charge on any atom is 0.258 e. The number of aromatic amines is 1. The van der Waals surface area contributed by atoms with Crippen LogP contribution in [0.15, 0.2) is 57.8 Å². The van der Waals surface area contributed by atoms with Gasteiger partial charge in [0.15, 0.2) is 0 Å². The molecule has 1 N–H and O–H groups in total. The molecule has 1 aliphatic rings. The standard InChI is InChI=1S/C23H23N5O3/c29-21(11-5-10-20-24-18-8-3-1-6-16(18)22(30)25-20)27-12-14-28(15-13-27)23-17-7-2-4-9-19(17)26-31-23/h1-4,6-9H,5,10-15H2,(H,24,25,30). The highest BCUT2D eigenvalue weighted by atomic mass is 16.5. The molecule has 0 atom stereocenters. The number of carbonyl (C=O) groups excluding carboxylic acids is 1. The molecule has 3 heterocycles. The maximum atomic E-state index is 12.7. The zero-order valence-electron chi connectivity index (χ0n) is 17.1. The van der Waals surface area contributed by atoms with Gasteiger partial charge in [0, 0.05) is 39.0 Å². The van der Waals surface area contributed by atoms with E-state index in [1.54, 1.807) is 6.07 Å². The quantitative estimate of drug-likeness (QED) is 0.537. The first-order valence-corrected chi connectivity index (χ1v) is 10.5. The summed E-state index contributed by atoms with van der Waals surface area (Å²) in [6.07, 6.45) is 1.64. The number of aryl methyl sites for hydroxylation is 1. The number of benzene rings is 2. The largest absolute Gasteiger partial charge is 0.339 e. The molecule has 1 aliphatic heterocycles. The maximum absolute atomic E-state index is 12.7. The van der Waals surface area contributed by atoms with Crippen molar-refractivity contribution in [3.63, 3.8) is 0 Å². The van der Waals surface area contributed by atoms with Gasteiger partial charge in [0.2, 0.25) is 11.8 Å². The summed E-state index contributed by atoms with van der Waals surface area (Å²) >= 11 is 0. The molecular weight excluding hydrogens is 394 g/mol. The van der Waals surface area contributed by atoms with E-state index in [-0.39, 0.29) is 11.5 Å². The van der Waals surface area contributed by atoms with Crippen molar-refractivity contribution in [2.45, 2.75) is 19.3 Å². The van der Waals surface area contributed by atoms with Crippen molar-refractivity contribution < 1.29 is 9.32 Å². The number of piperazine rings is 1. The first kappa shape index (κ1) is 19.3. The molecule has 8 nitrogen and oxygen atoms in total. The van der Waals surface area contributed by atoms with Gasteiger partial charge in [-0.2, -0.15) is 0 Å². The van der Waals surface area contributed by atoms with Crippen LogP contribution in [0.3, 0.4) is 0 Å². The lowest BCUT2D eigenvalue weighted by Crippen LogP contribution is -2.48. The van der Waals surface area contributed by atoms with Crippen molar-refractivity contribution in [2.24, 2.45) is 0 Å². The molecule has 0 aliphatic carbocycles. The molecule has 2 aromatic carbocycles. The molecule has 0 radical (unpaired) electrons. The number of nitrogens with zero attached hydrogens (tertiary/aromatic N) is 4. The van der Waals surface area contributed by atoms with Crippen molar-refractivity contribution >= 4 is 33.6 Å². The minimum atomic E-state index is -0.136. The van der Waals surface area contributed by atoms with E-state index in [0.29, 0.717) is 62.2 Å². The fraction of sp³-hybridized carbons (Fsp3) is 0.304. The molecule has 8 heteroatoms. The molecule has 0 bridgehead atoms. The van der Waals surface area contributed by atoms with Crippen molar-refractivity contribution in [2.75, 3.05) is 31.1 Å². The highest BCUT2D eigenvalue weighted by Gasteiger charge is 2.24. The zero-order chi connectivity index (χ0) is 21.2. The lowest BCUT2D eigenvalue weighted by atomic mass is 10.2. The lowest BCUT2D eigenvalue weighted by molar-refractivity contribution is -0.131. The predicted octanol–water partition coefficient (Wildman–Crippen LogP) is 2.74. The van der Waals surface area contributed by atoms with E-state index in [9.17, 15) is 9.59 Å². The Hall–Kier alpha value is -3.68. The van der Waals surface area contributed by atoms with Crippen molar-refractivity contribution in [1.29, 1.82) is 0 Å². The molecule has 0 spiro atoms. The minimum Gasteiger partial charge on any atom is -0.339 e. The van der Waals surface area contributed by atoms with E-state index in [1.165, 1.54) is 0 Å². The molecule has 31 heavy (non-hydrogen) atoms. The van der Waals surface area contributed by atoms with Crippen molar-refractivity contribution in [3.8, 4) is 0 Å². The van der Waals surface area contributed by atoms with E-state index in [2.05, 4.69) is 20.0 Å². The average Bonchev–Trinajstić information content (AvgIpc) is 3.23. The Labute approximate surface area is 178 Å². The summed E-state index contributed by atoms with van der Waals surface area (Å²) in [5.41, 5.74) is 1.39. The normalized spacial score (nSPS) is 14.5. The van der Waals surface area contributed by atoms with Gasteiger partial charge in [-0.1, -0.05) is 29.4 Å². The van der Waals surface area contributed by atoms with Gasteiger partial charge in [0.05, 0.1) is 16.3 Å². The third kappa shape index (κ3) is 3.88. The first-order valence-electron chi connectivity index (χ1n) is 10.5. The minimum absolute atomic E-state index is 0.130. The second kappa shape index (κ2) is 8.22. The van der Waals surface area contributed by atoms with Crippen LogP contribution in [-0.2, 0) is 11.2 Å². The van der Waals surface area contributed by atoms with Gasteiger partial charge < -0.3 is 19.3 Å². The third-order valence-electron chi connectivity index (χ3n) is 5.75. The van der Waals surface area contributed by atoms with Gasteiger partial charge in [0.25, 0.3) is 5.56 Å². The number of anilines is 1. The van der Waals surface area contributed by atoms with E-state index in [0.717, 1.165) is 16.8 Å². The predicted molar refractivity (Wildman–Crippen MR) is 118 cm³/mol. The Morgan fingerprint density at radius 1 is 0.968 bits per heavy atom. The van der Waals surface area contributed by atoms with Gasteiger partial charge >= 0.3 is 0 Å². The topological polar surface area (TPSA) is 95.3 Å².